The first-order valence-electron chi connectivity index (χ1n) is 15.4. The van der Waals surface area contributed by atoms with E-state index in [9.17, 15) is 0 Å². The molecule has 2 heterocycles. The molecule has 0 unspecified atom stereocenters. The van der Waals surface area contributed by atoms with Gasteiger partial charge in [0.1, 0.15) is 11.5 Å². The Hall–Kier alpha value is -5.18. The highest BCUT2D eigenvalue weighted by Gasteiger charge is 2.34. The van der Waals surface area contributed by atoms with Crippen molar-refractivity contribution in [3.05, 3.63) is 169 Å². The minimum Gasteiger partial charge on any atom is -0.457 e. The number of hydrogen-bond donors (Lipinski definition) is 0. The molecule has 1 aliphatic rings. The summed E-state index contributed by atoms with van der Waals surface area (Å²) >= 11 is 1.83. The van der Waals surface area contributed by atoms with E-state index < -0.39 is 0 Å². The van der Waals surface area contributed by atoms with Crippen LogP contribution in [0.1, 0.15) is 25.0 Å². The zero-order valence-corrected chi connectivity index (χ0v) is 26.1. The van der Waals surface area contributed by atoms with E-state index in [-0.39, 0.29) is 5.41 Å². The van der Waals surface area contributed by atoms with Crippen molar-refractivity contribution in [1.82, 2.24) is 0 Å². The lowest BCUT2D eigenvalue weighted by Gasteiger charge is -2.34. The summed E-state index contributed by atoms with van der Waals surface area (Å²) in [4.78, 5) is 2.47. The molecule has 7 aromatic rings. The molecular formula is C43H32OS. The first kappa shape index (κ1) is 27.4. The van der Waals surface area contributed by atoms with Gasteiger partial charge in [0.15, 0.2) is 0 Å². The van der Waals surface area contributed by atoms with E-state index in [0.717, 1.165) is 11.5 Å². The molecule has 0 N–H and O–H groups in total. The predicted molar refractivity (Wildman–Crippen MR) is 190 cm³/mol. The van der Waals surface area contributed by atoms with E-state index in [1.807, 2.05) is 17.4 Å². The Morgan fingerprint density at radius 3 is 1.62 bits per heavy atom. The molecule has 0 bridgehead atoms. The normalized spacial score (nSPS) is 13.0. The molecular weight excluding hydrogens is 565 g/mol. The van der Waals surface area contributed by atoms with Crippen LogP contribution in [-0.2, 0) is 5.41 Å². The topological polar surface area (TPSA) is 9.23 Å². The average molecular weight is 597 g/mol. The van der Waals surface area contributed by atoms with Gasteiger partial charge in [-0.1, -0.05) is 147 Å². The van der Waals surface area contributed by atoms with E-state index in [1.54, 1.807) is 0 Å². The monoisotopic (exact) mass is 596 g/mol. The van der Waals surface area contributed by atoms with Crippen LogP contribution < -0.4 is 4.74 Å². The third kappa shape index (κ3) is 4.79. The molecule has 216 valence electrons. The Balaban J connectivity index is 1.19. The van der Waals surface area contributed by atoms with Crippen LogP contribution >= 0.6 is 11.3 Å². The highest BCUT2D eigenvalue weighted by Crippen LogP contribution is 2.50. The summed E-state index contributed by atoms with van der Waals surface area (Å²) < 4.78 is 6.44. The van der Waals surface area contributed by atoms with Gasteiger partial charge in [0, 0.05) is 26.3 Å². The summed E-state index contributed by atoms with van der Waals surface area (Å²) in [6.07, 6.45) is 0. The third-order valence-electron chi connectivity index (χ3n) is 9.04. The Bertz CT molecular complexity index is 2170. The smallest absolute Gasteiger partial charge is 0.132 e. The molecule has 2 heteroatoms. The van der Waals surface area contributed by atoms with Crippen molar-refractivity contribution in [3.8, 4) is 65.8 Å². The van der Waals surface area contributed by atoms with Gasteiger partial charge in [0.05, 0.1) is 0 Å². The Labute approximate surface area is 269 Å². The highest BCUT2D eigenvalue weighted by molar-refractivity contribution is 7.18. The number of thiophene rings is 1. The minimum absolute atomic E-state index is 0.116. The molecule has 0 aliphatic carbocycles. The van der Waals surface area contributed by atoms with Crippen LogP contribution in [0, 0.1) is 0 Å². The second-order valence-electron chi connectivity index (χ2n) is 12.1. The van der Waals surface area contributed by atoms with Crippen LogP contribution in [0.3, 0.4) is 0 Å². The maximum atomic E-state index is 6.44. The van der Waals surface area contributed by atoms with Crippen LogP contribution in [0.4, 0.5) is 0 Å². The summed E-state index contributed by atoms with van der Waals surface area (Å²) in [5.74, 6) is 1.89. The van der Waals surface area contributed by atoms with Gasteiger partial charge in [-0.3, -0.25) is 0 Å². The number of benzene rings is 6. The maximum absolute atomic E-state index is 6.44. The minimum atomic E-state index is -0.116. The number of hydrogen-bond acceptors (Lipinski definition) is 2. The van der Waals surface area contributed by atoms with Gasteiger partial charge in [0.25, 0.3) is 0 Å². The molecule has 0 amide bonds. The van der Waals surface area contributed by atoms with Crippen molar-refractivity contribution in [2.24, 2.45) is 0 Å². The number of ether oxygens (including phenoxy) is 1. The van der Waals surface area contributed by atoms with Gasteiger partial charge < -0.3 is 4.74 Å². The standard InChI is InChI=1S/C43H32OS/c1-43(2)37-22-12-13-23-39(37)44-40-28-30(24-25-38(40)43)41-26-27-42(45-41)36-21-11-10-20-35(36)34-19-9-8-18-33(34)32-17-7-6-16-31(32)29-14-4-3-5-15-29/h3-28H,1-2H3. The molecule has 1 nitrogen and oxygen atoms in total. The van der Waals surface area contributed by atoms with Crippen molar-refractivity contribution < 1.29 is 4.74 Å². The second-order valence-corrected chi connectivity index (χ2v) is 13.2. The molecule has 1 aromatic heterocycles. The van der Waals surface area contributed by atoms with E-state index in [1.165, 1.54) is 65.4 Å². The number of fused-ring (bicyclic) bond motifs is 2. The SMILES string of the molecule is CC1(C)c2ccccc2Oc2cc(-c3ccc(-c4ccccc4-c4ccccc4-c4ccccc4-c4ccccc4)s3)ccc21. The maximum Gasteiger partial charge on any atom is 0.132 e. The van der Waals surface area contributed by atoms with Gasteiger partial charge in [0.2, 0.25) is 0 Å². The van der Waals surface area contributed by atoms with Crippen molar-refractivity contribution in [3.63, 3.8) is 0 Å². The fraction of sp³-hybridized carbons (Fsp3) is 0.0698. The van der Waals surface area contributed by atoms with Crippen LogP contribution in [0.2, 0.25) is 0 Å². The largest absolute Gasteiger partial charge is 0.457 e. The molecule has 45 heavy (non-hydrogen) atoms. The molecule has 1 aliphatic heterocycles. The Morgan fingerprint density at radius 2 is 0.911 bits per heavy atom. The summed E-state index contributed by atoms with van der Waals surface area (Å²) in [5, 5.41) is 0. The van der Waals surface area contributed by atoms with E-state index in [2.05, 4.69) is 166 Å². The third-order valence-corrected chi connectivity index (χ3v) is 10.2. The Kier molecular flexibility index (Phi) is 6.73. The van der Waals surface area contributed by atoms with Gasteiger partial charge in [-0.2, -0.15) is 0 Å². The van der Waals surface area contributed by atoms with Crippen LogP contribution in [0.15, 0.2) is 158 Å². The lowest BCUT2D eigenvalue weighted by Crippen LogP contribution is -2.24. The summed E-state index contributed by atoms with van der Waals surface area (Å²) in [6.45, 7) is 4.56. The summed E-state index contributed by atoms with van der Waals surface area (Å²) in [5.41, 5.74) is 12.1. The lowest BCUT2D eigenvalue weighted by molar-refractivity contribution is 0.418. The highest BCUT2D eigenvalue weighted by atomic mass is 32.1. The predicted octanol–water partition coefficient (Wildman–Crippen LogP) is 12.5. The van der Waals surface area contributed by atoms with E-state index in [0.29, 0.717) is 0 Å². The zero-order valence-electron chi connectivity index (χ0n) is 25.3. The molecule has 0 spiro atoms. The summed E-state index contributed by atoms with van der Waals surface area (Å²) in [6, 6.07) is 56.6. The quantitative estimate of drug-likeness (QED) is 0.192. The average Bonchev–Trinajstić information content (AvgIpc) is 3.59. The van der Waals surface area contributed by atoms with Crippen molar-refractivity contribution in [1.29, 1.82) is 0 Å². The van der Waals surface area contributed by atoms with Gasteiger partial charge in [-0.05, 0) is 68.8 Å². The van der Waals surface area contributed by atoms with Gasteiger partial charge in [-0.25, -0.2) is 0 Å². The van der Waals surface area contributed by atoms with Gasteiger partial charge in [-0.15, -0.1) is 11.3 Å². The summed E-state index contributed by atoms with van der Waals surface area (Å²) in [7, 11) is 0. The number of rotatable bonds is 5. The molecule has 0 radical (unpaired) electrons. The van der Waals surface area contributed by atoms with Crippen molar-refractivity contribution in [2.45, 2.75) is 19.3 Å². The molecule has 0 atom stereocenters. The van der Waals surface area contributed by atoms with Crippen LogP contribution in [-0.4, -0.2) is 0 Å². The zero-order chi connectivity index (χ0) is 30.4. The second kappa shape index (κ2) is 11.1. The van der Waals surface area contributed by atoms with Crippen molar-refractivity contribution >= 4 is 11.3 Å². The van der Waals surface area contributed by atoms with Crippen LogP contribution in [0.25, 0.3) is 54.3 Å². The fourth-order valence-corrected chi connectivity index (χ4v) is 7.76. The molecule has 0 saturated heterocycles. The lowest BCUT2D eigenvalue weighted by atomic mass is 9.75. The first-order chi connectivity index (χ1) is 22.1. The fourth-order valence-electron chi connectivity index (χ4n) is 6.72. The molecule has 0 fully saturated rings. The van der Waals surface area contributed by atoms with E-state index >= 15 is 0 Å². The number of para-hydroxylation sites is 1. The molecule has 8 rings (SSSR count). The molecule has 6 aromatic carbocycles. The molecule has 0 saturated carbocycles. The van der Waals surface area contributed by atoms with E-state index in [4.69, 9.17) is 4.74 Å². The Morgan fingerprint density at radius 1 is 0.400 bits per heavy atom. The van der Waals surface area contributed by atoms with Crippen molar-refractivity contribution in [2.75, 3.05) is 0 Å². The first-order valence-corrected chi connectivity index (χ1v) is 16.3. The van der Waals surface area contributed by atoms with Gasteiger partial charge >= 0.3 is 0 Å². The van der Waals surface area contributed by atoms with Crippen LogP contribution in [0.5, 0.6) is 11.5 Å².